The van der Waals surface area contributed by atoms with Crippen LogP contribution in [-0.4, -0.2) is 16.6 Å². The minimum atomic E-state index is 0.789. The van der Waals surface area contributed by atoms with Crippen molar-refractivity contribution in [1.29, 1.82) is 0 Å². The van der Waals surface area contributed by atoms with Crippen molar-refractivity contribution >= 4 is 0 Å². The minimum Gasteiger partial charge on any atom is -0.494 e. The van der Waals surface area contributed by atoms with Gasteiger partial charge in [0.1, 0.15) is 5.75 Å². The first-order valence-corrected chi connectivity index (χ1v) is 11.9. The van der Waals surface area contributed by atoms with Gasteiger partial charge in [-0.15, -0.1) is 0 Å². The Kier molecular flexibility index (Phi) is 9.56. The number of benzene rings is 2. The van der Waals surface area contributed by atoms with Gasteiger partial charge in [-0.3, -0.25) is 0 Å². The van der Waals surface area contributed by atoms with E-state index in [2.05, 4.69) is 72.3 Å². The summed E-state index contributed by atoms with van der Waals surface area (Å²) in [5, 5.41) is 0. The summed E-state index contributed by atoms with van der Waals surface area (Å²) in [4.78, 5) is 9.18. The molecule has 3 nitrogen and oxygen atoms in total. The topological polar surface area (TPSA) is 35.0 Å². The third kappa shape index (κ3) is 7.50. The van der Waals surface area contributed by atoms with Crippen LogP contribution in [0.5, 0.6) is 5.75 Å². The Morgan fingerprint density at radius 2 is 1.16 bits per heavy atom. The Hall–Kier alpha value is -2.68. The quantitative estimate of drug-likeness (QED) is 0.266. The van der Waals surface area contributed by atoms with Gasteiger partial charge in [-0.25, -0.2) is 9.97 Å². The van der Waals surface area contributed by atoms with Crippen molar-refractivity contribution in [2.24, 2.45) is 0 Å². The van der Waals surface area contributed by atoms with Gasteiger partial charge < -0.3 is 4.74 Å². The normalized spacial score (nSPS) is 10.9. The van der Waals surface area contributed by atoms with Gasteiger partial charge in [-0.2, -0.15) is 0 Å². The molecule has 0 bridgehead atoms. The number of aryl methyl sites for hydroxylation is 1. The van der Waals surface area contributed by atoms with Crippen molar-refractivity contribution in [3.8, 4) is 28.3 Å². The summed E-state index contributed by atoms with van der Waals surface area (Å²) in [6.45, 7) is 5.25. The Morgan fingerprint density at radius 1 is 0.613 bits per heavy atom. The summed E-state index contributed by atoms with van der Waals surface area (Å²) in [6, 6.07) is 16.8. The van der Waals surface area contributed by atoms with E-state index in [0.29, 0.717) is 0 Å². The lowest BCUT2D eigenvalue weighted by molar-refractivity contribution is 0.306. The molecule has 31 heavy (non-hydrogen) atoms. The number of aromatic nitrogens is 2. The second-order valence-corrected chi connectivity index (χ2v) is 8.24. The third-order valence-corrected chi connectivity index (χ3v) is 5.62. The smallest absolute Gasteiger partial charge is 0.159 e. The van der Waals surface area contributed by atoms with Crippen molar-refractivity contribution in [2.45, 2.75) is 71.6 Å². The van der Waals surface area contributed by atoms with Crippen LogP contribution in [0.2, 0.25) is 0 Å². The highest BCUT2D eigenvalue weighted by atomic mass is 16.5. The van der Waals surface area contributed by atoms with Gasteiger partial charge in [0.2, 0.25) is 0 Å². The second-order valence-electron chi connectivity index (χ2n) is 8.24. The van der Waals surface area contributed by atoms with E-state index >= 15 is 0 Å². The average Bonchev–Trinajstić information content (AvgIpc) is 2.83. The van der Waals surface area contributed by atoms with E-state index in [4.69, 9.17) is 4.74 Å². The zero-order valence-corrected chi connectivity index (χ0v) is 19.1. The molecule has 3 heteroatoms. The van der Waals surface area contributed by atoms with Gasteiger partial charge in [-0.05, 0) is 48.1 Å². The van der Waals surface area contributed by atoms with Gasteiger partial charge in [0.15, 0.2) is 5.82 Å². The van der Waals surface area contributed by atoms with Gasteiger partial charge in [0.25, 0.3) is 0 Å². The molecule has 1 aromatic heterocycles. The van der Waals surface area contributed by atoms with Crippen molar-refractivity contribution in [3.63, 3.8) is 0 Å². The maximum absolute atomic E-state index is 5.81. The molecule has 0 aliphatic heterocycles. The first-order chi connectivity index (χ1) is 15.3. The highest BCUT2D eigenvalue weighted by Crippen LogP contribution is 2.25. The molecule has 0 aliphatic rings. The SMILES string of the molecule is CCCCCCCc1cnc(-c2ccc(-c3ccc(OCCCCC)cc3)cc2)nc1. The van der Waals surface area contributed by atoms with E-state index < -0.39 is 0 Å². The number of hydrogen-bond donors (Lipinski definition) is 0. The van der Waals surface area contributed by atoms with Crippen LogP contribution in [0, 0.1) is 0 Å². The lowest BCUT2D eigenvalue weighted by Gasteiger charge is -2.08. The largest absolute Gasteiger partial charge is 0.494 e. The molecule has 0 saturated heterocycles. The molecular weight excluding hydrogens is 380 g/mol. The van der Waals surface area contributed by atoms with E-state index in [1.54, 1.807) is 0 Å². The second kappa shape index (κ2) is 12.9. The Balaban J connectivity index is 1.53. The first-order valence-electron chi connectivity index (χ1n) is 11.9. The predicted molar refractivity (Wildman–Crippen MR) is 130 cm³/mol. The zero-order chi connectivity index (χ0) is 21.7. The van der Waals surface area contributed by atoms with Gasteiger partial charge >= 0.3 is 0 Å². The molecule has 164 valence electrons. The Morgan fingerprint density at radius 3 is 1.81 bits per heavy atom. The lowest BCUT2D eigenvalue weighted by Crippen LogP contribution is -1.96. The molecule has 0 N–H and O–H groups in total. The first kappa shape index (κ1) is 23.0. The van der Waals surface area contributed by atoms with Crippen LogP contribution in [0.15, 0.2) is 60.9 Å². The van der Waals surface area contributed by atoms with Crippen molar-refractivity contribution < 1.29 is 4.74 Å². The molecule has 0 saturated carbocycles. The molecule has 0 aliphatic carbocycles. The van der Waals surface area contributed by atoms with Crippen LogP contribution in [0.25, 0.3) is 22.5 Å². The summed E-state index contributed by atoms with van der Waals surface area (Å²) in [5.74, 6) is 1.73. The highest BCUT2D eigenvalue weighted by Gasteiger charge is 2.04. The van der Waals surface area contributed by atoms with Crippen LogP contribution in [0.1, 0.15) is 70.8 Å². The van der Waals surface area contributed by atoms with Crippen molar-refractivity contribution in [3.05, 3.63) is 66.5 Å². The summed E-state index contributed by atoms with van der Waals surface area (Å²) < 4.78 is 5.81. The zero-order valence-electron chi connectivity index (χ0n) is 19.1. The fourth-order valence-electron chi connectivity index (χ4n) is 3.66. The van der Waals surface area contributed by atoms with Gasteiger partial charge in [0.05, 0.1) is 6.61 Å². The van der Waals surface area contributed by atoms with Gasteiger partial charge in [0, 0.05) is 18.0 Å². The summed E-state index contributed by atoms with van der Waals surface area (Å²) in [5.41, 5.74) is 4.65. The molecule has 0 unspecified atom stereocenters. The molecule has 2 aromatic carbocycles. The average molecular weight is 417 g/mol. The van der Waals surface area contributed by atoms with Gasteiger partial charge in [-0.1, -0.05) is 88.8 Å². The number of rotatable bonds is 13. The van der Waals surface area contributed by atoms with Crippen LogP contribution in [-0.2, 0) is 6.42 Å². The summed E-state index contributed by atoms with van der Waals surface area (Å²) in [6.07, 6.45) is 15.0. The molecule has 1 heterocycles. The highest BCUT2D eigenvalue weighted by molar-refractivity contribution is 5.68. The molecule has 0 radical (unpaired) electrons. The van der Waals surface area contributed by atoms with Crippen LogP contribution in [0.4, 0.5) is 0 Å². The van der Waals surface area contributed by atoms with E-state index in [9.17, 15) is 0 Å². The minimum absolute atomic E-state index is 0.789. The monoisotopic (exact) mass is 416 g/mol. The molecular formula is C28H36N2O. The molecule has 3 rings (SSSR count). The molecule has 3 aromatic rings. The van der Waals surface area contributed by atoms with Crippen molar-refractivity contribution in [2.75, 3.05) is 6.61 Å². The number of nitrogens with zero attached hydrogens (tertiary/aromatic N) is 2. The standard InChI is InChI=1S/C28H36N2O/c1-3-5-7-8-9-11-23-21-29-28(30-22-23)26-14-12-24(13-15-26)25-16-18-27(19-17-25)31-20-10-6-4-2/h12-19,21-22H,3-11,20H2,1-2H3. The molecule has 0 amide bonds. The van der Waals surface area contributed by atoms with E-state index in [-0.39, 0.29) is 0 Å². The van der Waals surface area contributed by atoms with Crippen LogP contribution >= 0.6 is 0 Å². The lowest BCUT2D eigenvalue weighted by atomic mass is 10.0. The van der Waals surface area contributed by atoms with E-state index in [1.165, 1.54) is 61.6 Å². The van der Waals surface area contributed by atoms with E-state index in [0.717, 1.165) is 36.6 Å². The summed E-state index contributed by atoms with van der Waals surface area (Å²) in [7, 11) is 0. The maximum Gasteiger partial charge on any atom is 0.159 e. The predicted octanol–water partition coefficient (Wildman–Crippen LogP) is 7.89. The number of ether oxygens (including phenoxy) is 1. The molecule has 0 atom stereocenters. The number of unbranched alkanes of at least 4 members (excludes halogenated alkanes) is 6. The van der Waals surface area contributed by atoms with Crippen molar-refractivity contribution in [1.82, 2.24) is 9.97 Å². The summed E-state index contributed by atoms with van der Waals surface area (Å²) >= 11 is 0. The maximum atomic E-state index is 5.81. The Bertz CT molecular complexity index is 870. The van der Waals surface area contributed by atoms with Crippen LogP contribution < -0.4 is 4.74 Å². The molecule has 0 spiro atoms. The third-order valence-electron chi connectivity index (χ3n) is 5.62. The van der Waals surface area contributed by atoms with Crippen LogP contribution in [0.3, 0.4) is 0 Å². The molecule has 0 fully saturated rings. The fraction of sp³-hybridized carbons (Fsp3) is 0.429. The van der Waals surface area contributed by atoms with E-state index in [1.807, 2.05) is 12.4 Å². The Labute approximate surface area is 187 Å². The fourth-order valence-corrected chi connectivity index (χ4v) is 3.66. The number of hydrogen-bond acceptors (Lipinski definition) is 3.